The molecule has 0 bridgehead atoms. The van der Waals surface area contributed by atoms with Gasteiger partial charge in [0.25, 0.3) is 0 Å². The van der Waals surface area contributed by atoms with E-state index in [2.05, 4.69) is 14.5 Å². The lowest BCUT2D eigenvalue weighted by Crippen LogP contribution is -2.61. The molecule has 3 heterocycles. The minimum absolute atomic E-state index is 0.0282. The molecule has 2 saturated heterocycles. The van der Waals surface area contributed by atoms with Crippen LogP contribution in [-0.2, 0) is 20.9 Å². The van der Waals surface area contributed by atoms with E-state index in [0.717, 1.165) is 39.0 Å². The highest BCUT2D eigenvalue weighted by Crippen LogP contribution is 2.21. The second-order valence-corrected chi connectivity index (χ2v) is 7.33. The van der Waals surface area contributed by atoms with Gasteiger partial charge in [-0.2, -0.15) is 0 Å². The van der Waals surface area contributed by atoms with Crippen LogP contribution in [0.1, 0.15) is 12.8 Å². The number of carbonyl (C=O) groups is 2. The number of ether oxygens (including phenoxy) is 1. The number of piperidine rings is 1. The third-order valence-corrected chi connectivity index (χ3v) is 5.41. The zero-order chi connectivity index (χ0) is 18.5. The maximum atomic E-state index is 13.1. The quantitative estimate of drug-likeness (QED) is 0.731. The maximum absolute atomic E-state index is 13.1. The van der Waals surface area contributed by atoms with Gasteiger partial charge in [0.05, 0.1) is 6.33 Å². The number of hydrogen-bond acceptors (Lipinski definition) is 5. The van der Waals surface area contributed by atoms with Gasteiger partial charge in [0, 0.05) is 58.8 Å². The maximum Gasteiger partial charge on any atom is 0.249 e. The summed E-state index contributed by atoms with van der Waals surface area (Å²) in [4.78, 5) is 35.3. The van der Waals surface area contributed by atoms with Crippen molar-refractivity contribution in [3.05, 3.63) is 18.7 Å². The minimum Gasteiger partial charge on any atom is -0.375 e. The lowest BCUT2D eigenvalue weighted by Gasteiger charge is -2.42. The van der Waals surface area contributed by atoms with Crippen molar-refractivity contribution >= 4 is 11.8 Å². The van der Waals surface area contributed by atoms with E-state index in [0.29, 0.717) is 19.0 Å². The molecule has 8 heteroatoms. The number of amides is 2. The van der Waals surface area contributed by atoms with E-state index in [9.17, 15) is 9.59 Å². The van der Waals surface area contributed by atoms with Crippen LogP contribution in [0.25, 0.3) is 0 Å². The first-order valence-electron chi connectivity index (χ1n) is 9.30. The number of hydrogen-bond donors (Lipinski definition) is 0. The molecule has 3 rings (SSSR count). The van der Waals surface area contributed by atoms with Crippen LogP contribution in [0.3, 0.4) is 0 Å². The molecule has 2 aliphatic rings. The first kappa shape index (κ1) is 18.8. The zero-order valence-electron chi connectivity index (χ0n) is 15.7. The van der Waals surface area contributed by atoms with Crippen LogP contribution in [0.2, 0.25) is 0 Å². The number of piperazine rings is 1. The van der Waals surface area contributed by atoms with Crippen LogP contribution in [0, 0.1) is 5.92 Å². The largest absolute Gasteiger partial charge is 0.375 e. The fourth-order valence-corrected chi connectivity index (χ4v) is 3.88. The number of aromatic nitrogens is 2. The van der Waals surface area contributed by atoms with Gasteiger partial charge >= 0.3 is 0 Å². The molecule has 0 N–H and O–H groups in total. The standard InChI is InChI=1S/C18H29N5O3/c1-20-9-10-23(17(24)13-26-2)16(12-20)18(25)22-6-3-15(4-7-22)11-21-8-5-19-14-21/h5,8,14-16H,3-4,6-7,9-13H2,1-2H3/t16-/m1/s1. The summed E-state index contributed by atoms with van der Waals surface area (Å²) in [7, 11) is 3.51. The molecule has 1 aromatic rings. The van der Waals surface area contributed by atoms with Gasteiger partial charge in [0.1, 0.15) is 12.6 Å². The van der Waals surface area contributed by atoms with Gasteiger partial charge in [-0.1, -0.05) is 0 Å². The summed E-state index contributed by atoms with van der Waals surface area (Å²) >= 11 is 0. The van der Waals surface area contributed by atoms with E-state index in [1.165, 1.54) is 7.11 Å². The molecule has 0 saturated carbocycles. The highest BCUT2D eigenvalue weighted by molar-refractivity contribution is 5.88. The van der Waals surface area contributed by atoms with Gasteiger partial charge in [-0.25, -0.2) is 4.98 Å². The van der Waals surface area contributed by atoms with Gasteiger partial charge < -0.3 is 24.0 Å². The van der Waals surface area contributed by atoms with E-state index < -0.39 is 6.04 Å². The highest BCUT2D eigenvalue weighted by Gasteiger charge is 2.37. The zero-order valence-corrected chi connectivity index (χ0v) is 15.7. The lowest BCUT2D eigenvalue weighted by atomic mass is 9.96. The Morgan fingerprint density at radius 3 is 2.62 bits per heavy atom. The first-order valence-corrected chi connectivity index (χ1v) is 9.30. The van der Waals surface area contributed by atoms with E-state index in [4.69, 9.17) is 4.74 Å². The van der Waals surface area contributed by atoms with Gasteiger partial charge in [0.15, 0.2) is 0 Å². The Kier molecular flexibility index (Phi) is 6.26. The van der Waals surface area contributed by atoms with Crippen LogP contribution in [0.4, 0.5) is 0 Å². The third kappa shape index (κ3) is 4.42. The molecule has 26 heavy (non-hydrogen) atoms. The van der Waals surface area contributed by atoms with Crippen molar-refractivity contribution in [3.63, 3.8) is 0 Å². The van der Waals surface area contributed by atoms with E-state index in [1.807, 2.05) is 24.5 Å². The average Bonchev–Trinajstić information content (AvgIpc) is 3.15. The van der Waals surface area contributed by atoms with Gasteiger partial charge in [-0.15, -0.1) is 0 Å². The summed E-state index contributed by atoms with van der Waals surface area (Å²) in [6, 6.07) is -0.401. The second kappa shape index (κ2) is 8.64. The number of methoxy groups -OCH3 is 1. The predicted octanol–water partition coefficient (Wildman–Crippen LogP) is -0.0893. The van der Waals surface area contributed by atoms with E-state index >= 15 is 0 Å². The Morgan fingerprint density at radius 1 is 1.19 bits per heavy atom. The topological polar surface area (TPSA) is 70.9 Å². The average molecular weight is 363 g/mol. The summed E-state index contributed by atoms with van der Waals surface area (Å²) in [5.41, 5.74) is 0. The summed E-state index contributed by atoms with van der Waals surface area (Å²) in [6.07, 6.45) is 7.59. The number of nitrogens with zero attached hydrogens (tertiary/aromatic N) is 5. The molecule has 1 aromatic heterocycles. The van der Waals surface area contributed by atoms with Crippen molar-refractivity contribution in [2.24, 2.45) is 5.92 Å². The van der Waals surface area contributed by atoms with Crippen LogP contribution >= 0.6 is 0 Å². The molecule has 0 radical (unpaired) electrons. The molecular weight excluding hydrogens is 334 g/mol. The SMILES string of the molecule is COCC(=O)N1CCN(C)C[C@@H]1C(=O)N1CCC(Cn2ccnc2)CC1. The Balaban J connectivity index is 1.57. The Labute approximate surface area is 154 Å². The fourth-order valence-electron chi connectivity index (χ4n) is 3.88. The molecule has 0 spiro atoms. The number of likely N-dealkylation sites (tertiary alicyclic amines) is 1. The molecule has 8 nitrogen and oxygen atoms in total. The molecule has 2 amide bonds. The first-order chi connectivity index (χ1) is 12.6. The van der Waals surface area contributed by atoms with Crippen LogP contribution in [0.5, 0.6) is 0 Å². The van der Waals surface area contributed by atoms with Gasteiger partial charge in [0.2, 0.25) is 11.8 Å². The third-order valence-electron chi connectivity index (χ3n) is 5.41. The van der Waals surface area contributed by atoms with Crippen LogP contribution in [0.15, 0.2) is 18.7 Å². The van der Waals surface area contributed by atoms with E-state index in [-0.39, 0.29) is 18.4 Å². The Bertz CT molecular complexity index is 598. The van der Waals surface area contributed by atoms with Crippen molar-refractivity contribution in [2.45, 2.75) is 25.4 Å². The molecular formula is C18H29N5O3. The Hall–Kier alpha value is -1.93. The molecule has 0 aliphatic carbocycles. The van der Waals surface area contributed by atoms with Gasteiger partial charge in [-0.05, 0) is 25.8 Å². The van der Waals surface area contributed by atoms with Crippen LogP contribution < -0.4 is 0 Å². The van der Waals surface area contributed by atoms with E-state index in [1.54, 1.807) is 11.1 Å². The fraction of sp³-hybridized carbons (Fsp3) is 0.722. The second-order valence-electron chi connectivity index (χ2n) is 7.33. The number of rotatable bonds is 5. The molecule has 1 atom stereocenters. The molecule has 2 fully saturated rings. The molecule has 0 aromatic carbocycles. The monoisotopic (exact) mass is 363 g/mol. The van der Waals surface area contributed by atoms with Crippen LogP contribution in [-0.4, -0.2) is 95.6 Å². The number of carbonyl (C=O) groups excluding carboxylic acids is 2. The number of imidazole rings is 1. The van der Waals surface area contributed by atoms with Crippen molar-refractivity contribution < 1.29 is 14.3 Å². The highest BCUT2D eigenvalue weighted by atomic mass is 16.5. The summed E-state index contributed by atoms with van der Waals surface area (Å²) < 4.78 is 7.08. The smallest absolute Gasteiger partial charge is 0.249 e. The number of likely N-dealkylation sites (N-methyl/N-ethyl adjacent to an activating group) is 1. The Morgan fingerprint density at radius 2 is 1.96 bits per heavy atom. The van der Waals surface area contributed by atoms with Gasteiger partial charge in [-0.3, -0.25) is 9.59 Å². The van der Waals surface area contributed by atoms with Crippen molar-refractivity contribution in [1.82, 2.24) is 24.3 Å². The van der Waals surface area contributed by atoms with Crippen molar-refractivity contribution in [1.29, 1.82) is 0 Å². The minimum atomic E-state index is -0.401. The van der Waals surface area contributed by atoms with Crippen molar-refractivity contribution in [2.75, 3.05) is 53.5 Å². The summed E-state index contributed by atoms with van der Waals surface area (Å²) in [5.74, 6) is 0.532. The van der Waals surface area contributed by atoms with Crippen molar-refractivity contribution in [3.8, 4) is 0 Å². The summed E-state index contributed by atoms with van der Waals surface area (Å²) in [6.45, 7) is 4.43. The molecule has 2 aliphatic heterocycles. The molecule has 0 unspecified atom stereocenters. The molecule has 144 valence electrons. The predicted molar refractivity (Wildman–Crippen MR) is 96.4 cm³/mol. The lowest BCUT2D eigenvalue weighted by molar-refractivity contribution is -0.152. The summed E-state index contributed by atoms with van der Waals surface area (Å²) in [5, 5.41) is 0. The normalized spacial score (nSPS) is 22.6.